The van der Waals surface area contributed by atoms with E-state index < -0.39 is 5.54 Å². The van der Waals surface area contributed by atoms with Gasteiger partial charge in [-0.25, -0.2) is 0 Å². The summed E-state index contributed by atoms with van der Waals surface area (Å²) in [5.41, 5.74) is 0.677. The van der Waals surface area contributed by atoms with Crippen LogP contribution < -0.4 is 10.1 Å². The first-order valence-corrected chi connectivity index (χ1v) is 9.63. The second-order valence-corrected chi connectivity index (χ2v) is 8.12. The van der Waals surface area contributed by atoms with Crippen LogP contribution in [0.1, 0.15) is 64.5 Å². The molecule has 0 bridgehead atoms. The monoisotopic (exact) mass is 358 g/mol. The number of hydrogen-bond acceptors (Lipinski definition) is 3. The number of rotatable bonds is 3. The zero-order chi connectivity index (χ0) is 18.9. The third-order valence-corrected chi connectivity index (χ3v) is 5.81. The van der Waals surface area contributed by atoms with E-state index in [-0.39, 0.29) is 29.8 Å². The number of methoxy groups -OCH3 is 1. The smallest absolute Gasteiger partial charge is 0.225 e. The van der Waals surface area contributed by atoms with Gasteiger partial charge in [-0.1, -0.05) is 32.4 Å². The number of hydrogen-bond donors (Lipinski definition) is 1. The number of benzene rings is 1. The lowest BCUT2D eigenvalue weighted by Gasteiger charge is -2.38. The summed E-state index contributed by atoms with van der Waals surface area (Å²) in [4.78, 5) is 27.5. The highest BCUT2D eigenvalue weighted by Crippen LogP contribution is 2.46. The highest BCUT2D eigenvalue weighted by molar-refractivity contribution is 5.81. The minimum absolute atomic E-state index is 0.0258. The summed E-state index contributed by atoms with van der Waals surface area (Å²) in [6.45, 7) is 5.99. The van der Waals surface area contributed by atoms with Crippen molar-refractivity contribution in [3.8, 4) is 5.75 Å². The Kier molecular flexibility index (Phi) is 5.26. The maximum Gasteiger partial charge on any atom is 0.225 e. The molecule has 5 nitrogen and oxygen atoms in total. The molecule has 2 saturated heterocycles. The van der Waals surface area contributed by atoms with Crippen molar-refractivity contribution < 1.29 is 14.3 Å². The number of amides is 2. The second-order valence-electron chi connectivity index (χ2n) is 8.12. The van der Waals surface area contributed by atoms with Crippen LogP contribution in [0.15, 0.2) is 24.3 Å². The van der Waals surface area contributed by atoms with Crippen LogP contribution >= 0.6 is 0 Å². The van der Waals surface area contributed by atoms with Crippen molar-refractivity contribution >= 4 is 11.8 Å². The third kappa shape index (κ3) is 3.44. The van der Waals surface area contributed by atoms with Gasteiger partial charge in [0.15, 0.2) is 0 Å². The fourth-order valence-electron chi connectivity index (χ4n) is 4.49. The fourth-order valence-corrected chi connectivity index (χ4v) is 4.49. The number of carbonyl (C=O) groups is 2. The van der Waals surface area contributed by atoms with Crippen molar-refractivity contribution in [1.82, 2.24) is 10.2 Å². The SMILES string of the molecule is COc1cccc([C@@H]2C[C@]3(C)NC(=O)CCCC[C@@H]3N2C(=O)C(C)C)c1. The minimum atomic E-state index is -0.393. The van der Waals surface area contributed by atoms with Gasteiger partial charge in [-0.15, -0.1) is 0 Å². The van der Waals surface area contributed by atoms with E-state index in [0.29, 0.717) is 6.42 Å². The molecule has 0 aromatic heterocycles. The molecule has 2 aliphatic rings. The summed E-state index contributed by atoms with van der Waals surface area (Å²) in [6, 6.07) is 7.92. The summed E-state index contributed by atoms with van der Waals surface area (Å²) in [5, 5.41) is 3.25. The molecule has 0 aliphatic carbocycles. The lowest BCUT2D eigenvalue weighted by Crippen LogP contribution is -2.56. The summed E-state index contributed by atoms with van der Waals surface area (Å²) in [7, 11) is 1.65. The van der Waals surface area contributed by atoms with Crippen LogP contribution in [-0.4, -0.2) is 35.4 Å². The molecule has 26 heavy (non-hydrogen) atoms. The summed E-state index contributed by atoms with van der Waals surface area (Å²) in [6.07, 6.45) is 4.08. The number of carbonyl (C=O) groups excluding carboxylic acids is 2. The van der Waals surface area contributed by atoms with Gasteiger partial charge in [0.05, 0.1) is 24.7 Å². The van der Waals surface area contributed by atoms with Gasteiger partial charge < -0.3 is 15.0 Å². The van der Waals surface area contributed by atoms with Gasteiger partial charge in [0.2, 0.25) is 11.8 Å². The molecule has 0 unspecified atom stereocenters. The van der Waals surface area contributed by atoms with Crippen LogP contribution in [-0.2, 0) is 9.59 Å². The van der Waals surface area contributed by atoms with Crippen molar-refractivity contribution in [2.24, 2.45) is 5.92 Å². The molecule has 2 heterocycles. The molecule has 0 saturated carbocycles. The van der Waals surface area contributed by atoms with Gasteiger partial charge in [0.25, 0.3) is 0 Å². The van der Waals surface area contributed by atoms with Gasteiger partial charge in [-0.2, -0.15) is 0 Å². The minimum Gasteiger partial charge on any atom is -0.497 e. The molecule has 1 aromatic carbocycles. The first-order valence-electron chi connectivity index (χ1n) is 9.63. The largest absolute Gasteiger partial charge is 0.497 e. The highest BCUT2D eigenvalue weighted by atomic mass is 16.5. The number of nitrogens with one attached hydrogen (secondary N) is 1. The maximum absolute atomic E-state index is 13.1. The van der Waals surface area contributed by atoms with Crippen molar-refractivity contribution in [3.05, 3.63) is 29.8 Å². The van der Waals surface area contributed by atoms with Crippen LogP contribution in [0, 0.1) is 5.92 Å². The Balaban J connectivity index is 2.03. The number of likely N-dealkylation sites (tertiary alicyclic amines) is 1. The molecule has 1 aromatic rings. The number of nitrogens with zero attached hydrogens (tertiary/aromatic N) is 1. The molecule has 0 radical (unpaired) electrons. The molecule has 2 amide bonds. The van der Waals surface area contributed by atoms with Crippen molar-refractivity contribution in [1.29, 1.82) is 0 Å². The predicted molar refractivity (Wildman–Crippen MR) is 101 cm³/mol. The van der Waals surface area contributed by atoms with E-state index in [4.69, 9.17) is 4.74 Å². The zero-order valence-electron chi connectivity index (χ0n) is 16.2. The quantitative estimate of drug-likeness (QED) is 0.900. The van der Waals surface area contributed by atoms with Gasteiger partial charge >= 0.3 is 0 Å². The average Bonchev–Trinajstić information content (AvgIpc) is 2.88. The standard InChI is InChI=1S/C21H30N2O3/c1-14(2)20(25)23-17(15-8-7-9-16(12-15)26-4)13-21(3)18(23)10-5-6-11-19(24)22-21/h7-9,12,14,17-18H,5-6,10-11,13H2,1-4H3,(H,22,24)/t17-,18-,21-/m0/s1. The molecule has 142 valence electrons. The maximum atomic E-state index is 13.1. The molecular weight excluding hydrogens is 328 g/mol. The first kappa shape index (κ1) is 18.7. The van der Waals surface area contributed by atoms with Gasteiger partial charge in [-0.3, -0.25) is 9.59 Å². The Morgan fingerprint density at radius 1 is 1.35 bits per heavy atom. The van der Waals surface area contributed by atoms with Crippen LogP contribution in [0.3, 0.4) is 0 Å². The highest BCUT2D eigenvalue weighted by Gasteiger charge is 2.52. The molecule has 3 atom stereocenters. The molecule has 1 N–H and O–H groups in total. The van der Waals surface area contributed by atoms with Crippen LogP contribution in [0.5, 0.6) is 5.75 Å². The van der Waals surface area contributed by atoms with E-state index in [1.54, 1.807) is 7.11 Å². The summed E-state index contributed by atoms with van der Waals surface area (Å²) >= 11 is 0. The first-order chi connectivity index (χ1) is 12.4. The van der Waals surface area contributed by atoms with Gasteiger partial charge in [0, 0.05) is 12.3 Å². The van der Waals surface area contributed by atoms with Crippen molar-refractivity contribution in [2.45, 2.75) is 70.5 Å². The second kappa shape index (κ2) is 7.29. The Morgan fingerprint density at radius 2 is 2.12 bits per heavy atom. The molecule has 3 rings (SSSR count). The number of ether oxygens (including phenoxy) is 1. The number of fused-ring (bicyclic) bond motifs is 1. The Bertz CT molecular complexity index is 688. The van der Waals surface area contributed by atoms with Crippen LogP contribution in [0.2, 0.25) is 0 Å². The van der Waals surface area contributed by atoms with Crippen molar-refractivity contribution in [3.63, 3.8) is 0 Å². The molecule has 0 spiro atoms. The molecule has 2 fully saturated rings. The van der Waals surface area contributed by atoms with E-state index in [9.17, 15) is 9.59 Å². The van der Waals surface area contributed by atoms with Gasteiger partial charge in [0.1, 0.15) is 5.75 Å². The van der Waals surface area contributed by atoms with E-state index in [2.05, 4.69) is 18.3 Å². The van der Waals surface area contributed by atoms with Crippen molar-refractivity contribution in [2.75, 3.05) is 7.11 Å². The van der Waals surface area contributed by atoms with Crippen LogP contribution in [0.25, 0.3) is 0 Å². The van der Waals surface area contributed by atoms with E-state index >= 15 is 0 Å². The van der Waals surface area contributed by atoms with E-state index in [0.717, 1.165) is 37.0 Å². The third-order valence-electron chi connectivity index (χ3n) is 5.81. The lowest BCUT2D eigenvalue weighted by molar-refractivity contribution is -0.139. The lowest BCUT2D eigenvalue weighted by atomic mass is 9.85. The van der Waals surface area contributed by atoms with E-state index in [1.165, 1.54) is 0 Å². The summed E-state index contributed by atoms with van der Waals surface area (Å²) < 4.78 is 5.39. The normalized spacial score (nSPS) is 29.0. The molecule has 2 aliphatic heterocycles. The molecule has 5 heteroatoms. The Hall–Kier alpha value is -2.04. The molecular formula is C21H30N2O3. The Morgan fingerprint density at radius 3 is 2.81 bits per heavy atom. The predicted octanol–water partition coefficient (Wildman–Crippen LogP) is 3.44. The zero-order valence-corrected chi connectivity index (χ0v) is 16.2. The average molecular weight is 358 g/mol. The Labute approximate surface area is 156 Å². The van der Waals surface area contributed by atoms with E-state index in [1.807, 2.05) is 36.9 Å². The topological polar surface area (TPSA) is 58.6 Å². The summed E-state index contributed by atoms with van der Waals surface area (Å²) in [5.74, 6) is 0.964. The van der Waals surface area contributed by atoms with Gasteiger partial charge in [-0.05, 0) is 43.9 Å². The fraction of sp³-hybridized carbons (Fsp3) is 0.619. The van der Waals surface area contributed by atoms with Crippen LogP contribution in [0.4, 0.5) is 0 Å².